The van der Waals surface area contributed by atoms with Crippen molar-refractivity contribution in [2.75, 3.05) is 11.9 Å². The van der Waals surface area contributed by atoms with Crippen LogP contribution < -0.4 is 4.90 Å². The quantitative estimate of drug-likeness (QED) is 0.632. The summed E-state index contributed by atoms with van der Waals surface area (Å²) in [5, 5.41) is 19.0. The molecule has 2 amide bonds. The molecule has 2 aromatic rings. The number of anilines is 1. The van der Waals surface area contributed by atoms with Gasteiger partial charge in [-0.3, -0.25) is 4.90 Å². The van der Waals surface area contributed by atoms with Gasteiger partial charge in [0, 0.05) is 23.4 Å². The van der Waals surface area contributed by atoms with Crippen LogP contribution >= 0.6 is 10.7 Å². The van der Waals surface area contributed by atoms with E-state index in [2.05, 4.69) is 6.07 Å². The van der Waals surface area contributed by atoms with E-state index in [1.54, 1.807) is 25.1 Å². The first-order valence-electron chi connectivity index (χ1n) is 8.95. The number of hydrogen-bond donors (Lipinski definition) is 0. The molecule has 0 radical (unpaired) electrons. The average Bonchev–Trinajstić information content (AvgIpc) is 2.75. The van der Waals surface area contributed by atoms with Crippen molar-refractivity contribution in [3.05, 3.63) is 70.4 Å². The molecule has 0 spiro atoms. The fraction of sp³-hybridized carbons (Fsp3) is 0.190. The molecule has 1 aliphatic rings. The van der Waals surface area contributed by atoms with Crippen LogP contribution in [0.1, 0.15) is 29.7 Å². The maximum Gasteiger partial charge on any atom is 0.329 e. The molecule has 31 heavy (non-hydrogen) atoms. The molecule has 2 aromatic carbocycles. The van der Waals surface area contributed by atoms with Gasteiger partial charge in [0.2, 0.25) is 0 Å². The molecule has 0 N–H and O–H groups in total. The summed E-state index contributed by atoms with van der Waals surface area (Å²) in [5.74, 6) is 0. The van der Waals surface area contributed by atoms with Crippen LogP contribution in [0.3, 0.4) is 0 Å². The summed E-state index contributed by atoms with van der Waals surface area (Å²) in [7, 11) is 2.73. The first-order valence-corrected chi connectivity index (χ1v) is 11.3. The monoisotopic (exact) mass is 458 g/mol. The van der Waals surface area contributed by atoms with Crippen molar-refractivity contribution in [3.8, 4) is 12.1 Å². The summed E-state index contributed by atoms with van der Waals surface area (Å²) in [6.45, 7) is 0.835. The lowest BCUT2D eigenvalue weighted by molar-refractivity contribution is 0.202. The van der Waals surface area contributed by atoms with E-state index in [-0.39, 0.29) is 27.3 Å². The number of carbonyl (C=O) groups is 1. The van der Waals surface area contributed by atoms with Crippen molar-refractivity contribution >= 4 is 31.5 Å². The topological polar surface area (TPSA) is 105 Å². The molecular formula is C21H16ClFN4O3S. The Hall–Kier alpha value is -3.40. The van der Waals surface area contributed by atoms with E-state index in [9.17, 15) is 22.9 Å². The molecule has 0 unspecified atom stereocenters. The van der Waals surface area contributed by atoms with Crippen LogP contribution in [0, 0.1) is 22.7 Å². The van der Waals surface area contributed by atoms with E-state index >= 15 is 0 Å². The molecule has 10 heteroatoms. The SMILES string of the molecule is CC1=C(C#N)[C@@H](c2ccc(C#N)cc2S(=O)(=O)Cl)N(C)C(=O)N1c1cccc(CF)c1. The molecule has 1 atom stereocenters. The summed E-state index contributed by atoms with van der Waals surface area (Å²) in [4.78, 5) is 15.4. The summed E-state index contributed by atoms with van der Waals surface area (Å²) in [6.07, 6.45) is 0. The second-order valence-corrected chi connectivity index (χ2v) is 9.38. The molecule has 0 aliphatic carbocycles. The highest BCUT2D eigenvalue weighted by Crippen LogP contribution is 2.41. The molecule has 3 rings (SSSR count). The molecule has 0 saturated heterocycles. The number of amides is 2. The van der Waals surface area contributed by atoms with Crippen LogP contribution in [0.2, 0.25) is 0 Å². The van der Waals surface area contributed by atoms with Crippen LogP contribution in [0.5, 0.6) is 0 Å². The standard InChI is InChI=1S/C21H16ClFN4O3S/c1-13-18(12-25)20(17-7-6-15(11-24)9-19(17)31(22,29)30)26(2)21(28)27(13)16-5-3-4-14(8-16)10-23/h3-9,20H,10H2,1-2H3/t20-/m1/s1. The lowest BCUT2D eigenvalue weighted by atomic mass is 9.93. The number of alkyl halides is 1. The number of urea groups is 1. The Balaban J connectivity index is 2.26. The lowest BCUT2D eigenvalue weighted by Gasteiger charge is -2.40. The Bertz CT molecular complexity index is 1290. The Morgan fingerprint density at radius 3 is 2.45 bits per heavy atom. The number of hydrogen-bond acceptors (Lipinski definition) is 5. The van der Waals surface area contributed by atoms with Crippen molar-refractivity contribution in [3.63, 3.8) is 0 Å². The third kappa shape index (κ3) is 3.98. The smallest absolute Gasteiger partial charge is 0.315 e. The zero-order valence-corrected chi connectivity index (χ0v) is 18.1. The molecule has 0 saturated carbocycles. The highest BCUT2D eigenvalue weighted by molar-refractivity contribution is 8.13. The second-order valence-electron chi connectivity index (χ2n) is 6.85. The van der Waals surface area contributed by atoms with E-state index in [1.807, 2.05) is 6.07 Å². The van der Waals surface area contributed by atoms with E-state index in [0.29, 0.717) is 11.3 Å². The third-order valence-electron chi connectivity index (χ3n) is 5.02. The molecule has 1 aliphatic heterocycles. The van der Waals surface area contributed by atoms with E-state index in [4.69, 9.17) is 15.9 Å². The van der Waals surface area contributed by atoms with Crippen LogP contribution in [0.4, 0.5) is 14.9 Å². The minimum atomic E-state index is -4.28. The maximum atomic E-state index is 13.2. The van der Waals surface area contributed by atoms with Gasteiger partial charge in [-0.15, -0.1) is 0 Å². The van der Waals surface area contributed by atoms with Crippen molar-refractivity contribution in [1.29, 1.82) is 10.5 Å². The summed E-state index contributed by atoms with van der Waals surface area (Å²) in [5.41, 5.74) is 1.28. The number of rotatable bonds is 4. The lowest BCUT2D eigenvalue weighted by Crippen LogP contribution is -2.47. The fourth-order valence-electron chi connectivity index (χ4n) is 3.55. The minimum absolute atomic E-state index is 0.0663. The number of allylic oxidation sites excluding steroid dienone is 1. The second kappa shape index (κ2) is 8.38. The van der Waals surface area contributed by atoms with Crippen molar-refractivity contribution in [2.45, 2.75) is 24.5 Å². The summed E-state index contributed by atoms with van der Waals surface area (Å²) < 4.78 is 37.5. The number of likely N-dealkylation sites (N-methyl/N-ethyl adjacent to an activating group) is 1. The van der Waals surface area contributed by atoms with Gasteiger partial charge in [0.1, 0.15) is 6.67 Å². The van der Waals surface area contributed by atoms with E-state index in [1.165, 1.54) is 35.0 Å². The number of carbonyl (C=O) groups excluding carboxylic acids is 1. The largest absolute Gasteiger partial charge is 0.329 e. The first kappa shape index (κ1) is 22.3. The van der Waals surface area contributed by atoms with Gasteiger partial charge < -0.3 is 4.90 Å². The van der Waals surface area contributed by atoms with Crippen LogP contribution in [-0.2, 0) is 15.7 Å². The zero-order valence-electron chi connectivity index (χ0n) is 16.5. The van der Waals surface area contributed by atoms with Gasteiger partial charge in [-0.1, -0.05) is 18.2 Å². The van der Waals surface area contributed by atoms with E-state index < -0.39 is 27.8 Å². The maximum absolute atomic E-state index is 13.2. The predicted octanol–water partition coefficient (Wildman–Crippen LogP) is 4.37. The highest BCUT2D eigenvalue weighted by atomic mass is 35.7. The average molecular weight is 459 g/mol. The minimum Gasteiger partial charge on any atom is -0.315 e. The molecule has 158 valence electrons. The molecule has 0 fully saturated rings. The Morgan fingerprint density at radius 2 is 1.87 bits per heavy atom. The van der Waals surface area contributed by atoms with Crippen LogP contribution in [0.25, 0.3) is 0 Å². The molecular weight excluding hydrogens is 443 g/mol. The van der Waals surface area contributed by atoms with Crippen molar-refractivity contribution in [2.24, 2.45) is 0 Å². The van der Waals surface area contributed by atoms with Gasteiger partial charge >= 0.3 is 6.03 Å². The van der Waals surface area contributed by atoms with Gasteiger partial charge in [0.15, 0.2) is 0 Å². The normalized spacial score (nSPS) is 16.8. The van der Waals surface area contributed by atoms with Crippen molar-refractivity contribution < 1.29 is 17.6 Å². The Labute approximate surface area is 183 Å². The van der Waals surface area contributed by atoms with Crippen LogP contribution in [0.15, 0.2) is 58.6 Å². The van der Waals surface area contributed by atoms with Gasteiger partial charge in [0.05, 0.1) is 39.9 Å². The fourth-order valence-corrected chi connectivity index (χ4v) is 4.68. The van der Waals surface area contributed by atoms with Gasteiger partial charge in [0.25, 0.3) is 9.05 Å². The van der Waals surface area contributed by atoms with Crippen LogP contribution in [-0.4, -0.2) is 26.4 Å². The summed E-state index contributed by atoms with van der Waals surface area (Å²) in [6, 6.07) is 12.5. The molecule has 1 heterocycles. The van der Waals surface area contributed by atoms with Crippen molar-refractivity contribution in [1.82, 2.24) is 4.90 Å². The molecule has 0 aromatic heterocycles. The van der Waals surface area contributed by atoms with Gasteiger partial charge in [-0.2, -0.15) is 10.5 Å². The third-order valence-corrected chi connectivity index (χ3v) is 6.40. The summed E-state index contributed by atoms with van der Waals surface area (Å²) >= 11 is 0. The number of halogens is 2. The van der Waals surface area contributed by atoms with E-state index in [0.717, 1.165) is 6.07 Å². The molecule has 7 nitrogen and oxygen atoms in total. The number of benzene rings is 2. The molecule has 0 bridgehead atoms. The predicted molar refractivity (Wildman–Crippen MR) is 112 cm³/mol. The van der Waals surface area contributed by atoms with Gasteiger partial charge in [-0.25, -0.2) is 17.6 Å². The first-order chi connectivity index (χ1) is 14.6. The number of nitriles is 2. The number of nitrogens with zero attached hydrogens (tertiary/aromatic N) is 4. The zero-order chi connectivity index (χ0) is 22.9. The highest BCUT2D eigenvalue weighted by Gasteiger charge is 2.40. The van der Waals surface area contributed by atoms with Gasteiger partial charge in [-0.05, 0) is 42.3 Å². The Morgan fingerprint density at radius 1 is 1.16 bits per heavy atom. The Kier molecular flexibility index (Phi) is 6.03.